The van der Waals surface area contributed by atoms with E-state index in [1.54, 1.807) is 39.9 Å². The summed E-state index contributed by atoms with van der Waals surface area (Å²) in [6.07, 6.45) is 1.76. The average Bonchev–Trinajstić information content (AvgIpc) is 3.07. The maximum absolute atomic E-state index is 12.7. The van der Waals surface area contributed by atoms with Crippen molar-refractivity contribution < 1.29 is 14.7 Å². The van der Waals surface area contributed by atoms with Crippen molar-refractivity contribution >= 4 is 35.1 Å². The first-order valence-corrected chi connectivity index (χ1v) is 8.87. The van der Waals surface area contributed by atoms with Gasteiger partial charge in [-0.05, 0) is 17.9 Å². The third-order valence-electron chi connectivity index (χ3n) is 3.43. The van der Waals surface area contributed by atoms with Gasteiger partial charge < -0.3 is 10.0 Å². The molecule has 0 radical (unpaired) electrons. The Morgan fingerprint density at radius 1 is 1.52 bits per heavy atom. The van der Waals surface area contributed by atoms with E-state index in [9.17, 15) is 14.7 Å². The van der Waals surface area contributed by atoms with Crippen LogP contribution in [0, 0.1) is 0 Å². The van der Waals surface area contributed by atoms with Crippen LogP contribution in [0.25, 0.3) is 0 Å². The quantitative estimate of drug-likeness (QED) is 0.903. The second-order valence-electron chi connectivity index (χ2n) is 5.06. The van der Waals surface area contributed by atoms with Crippen molar-refractivity contribution in [1.29, 1.82) is 0 Å². The molecule has 2 rings (SSSR count). The molecule has 1 aliphatic heterocycles. The van der Waals surface area contributed by atoms with Crippen LogP contribution in [0.5, 0.6) is 0 Å². The van der Waals surface area contributed by atoms with E-state index >= 15 is 0 Å². The summed E-state index contributed by atoms with van der Waals surface area (Å²) in [6.45, 7) is 2.57. The molecule has 2 amide bonds. The Bertz CT molecular complexity index is 492. The fourth-order valence-electron chi connectivity index (χ4n) is 2.38. The Kier molecular flexibility index (Phi) is 5.52. The lowest BCUT2D eigenvalue weighted by molar-refractivity contribution is -0.141. The van der Waals surface area contributed by atoms with Gasteiger partial charge in [0.2, 0.25) is 0 Å². The number of carboxylic acid groups (broad SMARTS) is 1. The highest BCUT2D eigenvalue weighted by atomic mass is 32.2. The molecule has 5 nitrogen and oxygen atoms in total. The number of thioether (sulfide) groups is 1. The first kappa shape index (κ1) is 16.2. The number of carboxylic acids is 1. The summed E-state index contributed by atoms with van der Waals surface area (Å²) in [5, 5.41) is 11.3. The van der Waals surface area contributed by atoms with Crippen molar-refractivity contribution in [2.24, 2.45) is 0 Å². The van der Waals surface area contributed by atoms with E-state index in [-0.39, 0.29) is 11.4 Å². The highest BCUT2D eigenvalue weighted by Crippen LogP contribution is 2.33. The lowest BCUT2D eigenvalue weighted by atomic mass is 10.2. The third-order valence-corrected chi connectivity index (χ3v) is 5.65. The van der Waals surface area contributed by atoms with E-state index in [2.05, 4.69) is 0 Å². The fourth-order valence-corrected chi connectivity index (χ4v) is 4.65. The summed E-state index contributed by atoms with van der Waals surface area (Å²) in [5.74, 6) is -0.447. The van der Waals surface area contributed by atoms with Crippen LogP contribution in [0.15, 0.2) is 17.5 Å². The SMILES string of the molecule is CCCC1SCC(C(=O)O)N1C(=O)N(C)Cc1cccs1. The smallest absolute Gasteiger partial charge is 0.327 e. The van der Waals surface area contributed by atoms with Gasteiger partial charge in [-0.25, -0.2) is 9.59 Å². The van der Waals surface area contributed by atoms with Gasteiger partial charge in [-0.1, -0.05) is 19.4 Å². The van der Waals surface area contributed by atoms with Crippen LogP contribution in [-0.4, -0.2) is 51.1 Å². The molecule has 1 aromatic heterocycles. The summed E-state index contributed by atoms with van der Waals surface area (Å²) in [7, 11) is 1.73. The van der Waals surface area contributed by atoms with Gasteiger partial charge in [-0.15, -0.1) is 23.1 Å². The molecule has 0 saturated carbocycles. The summed E-state index contributed by atoms with van der Waals surface area (Å²) >= 11 is 3.16. The molecular formula is C14H20N2O3S2. The Balaban J connectivity index is 2.10. The Morgan fingerprint density at radius 3 is 2.86 bits per heavy atom. The molecule has 2 atom stereocenters. The first-order valence-electron chi connectivity index (χ1n) is 6.94. The van der Waals surface area contributed by atoms with E-state index in [1.165, 1.54) is 0 Å². The molecule has 116 valence electrons. The van der Waals surface area contributed by atoms with Gasteiger partial charge in [0.1, 0.15) is 6.04 Å². The average molecular weight is 328 g/mol. The van der Waals surface area contributed by atoms with Crippen LogP contribution in [0.3, 0.4) is 0 Å². The number of carbonyl (C=O) groups is 2. The number of hydrogen-bond acceptors (Lipinski definition) is 4. The minimum Gasteiger partial charge on any atom is -0.480 e. The van der Waals surface area contributed by atoms with Gasteiger partial charge in [-0.2, -0.15) is 0 Å². The number of thiophene rings is 1. The molecule has 1 aromatic rings. The Labute approximate surface area is 132 Å². The zero-order valence-electron chi connectivity index (χ0n) is 12.2. The van der Waals surface area contributed by atoms with Gasteiger partial charge in [0.05, 0.1) is 11.9 Å². The summed E-state index contributed by atoms with van der Waals surface area (Å²) in [5.41, 5.74) is 0. The molecule has 1 aliphatic rings. The molecule has 7 heteroatoms. The summed E-state index contributed by atoms with van der Waals surface area (Å²) < 4.78 is 0. The lowest BCUT2D eigenvalue weighted by Gasteiger charge is -2.31. The number of urea groups is 1. The fraction of sp³-hybridized carbons (Fsp3) is 0.571. The number of rotatable bonds is 5. The lowest BCUT2D eigenvalue weighted by Crippen LogP contribution is -2.50. The summed E-state index contributed by atoms with van der Waals surface area (Å²) in [4.78, 5) is 28.3. The zero-order chi connectivity index (χ0) is 15.4. The van der Waals surface area contributed by atoms with Gasteiger partial charge in [0.15, 0.2) is 0 Å². The number of nitrogens with zero attached hydrogens (tertiary/aromatic N) is 2. The number of amides is 2. The van der Waals surface area contributed by atoms with Crippen LogP contribution in [0.4, 0.5) is 4.79 Å². The molecule has 2 unspecified atom stereocenters. The molecule has 0 spiro atoms. The second kappa shape index (κ2) is 7.17. The van der Waals surface area contributed by atoms with Crippen LogP contribution in [-0.2, 0) is 11.3 Å². The molecule has 21 heavy (non-hydrogen) atoms. The molecule has 0 bridgehead atoms. The highest BCUT2D eigenvalue weighted by molar-refractivity contribution is 8.00. The maximum Gasteiger partial charge on any atom is 0.327 e. The molecule has 1 saturated heterocycles. The molecule has 1 N–H and O–H groups in total. The van der Waals surface area contributed by atoms with Gasteiger partial charge in [0.25, 0.3) is 0 Å². The van der Waals surface area contributed by atoms with Gasteiger partial charge in [-0.3, -0.25) is 4.90 Å². The highest BCUT2D eigenvalue weighted by Gasteiger charge is 2.42. The molecule has 0 aliphatic carbocycles. The van der Waals surface area contributed by atoms with Crippen molar-refractivity contribution in [3.05, 3.63) is 22.4 Å². The predicted molar refractivity (Wildman–Crippen MR) is 85.6 cm³/mol. The minimum atomic E-state index is -0.918. The predicted octanol–water partition coefficient (Wildman–Crippen LogP) is 2.93. The summed E-state index contributed by atoms with van der Waals surface area (Å²) in [6, 6.07) is 3.01. The number of aliphatic carboxylic acids is 1. The standard InChI is InChI=1S/C14H20N2O3S2/c1-3-5-12-16(11(9-21-12)13(17)18)14(19)15(2)8-10-6-4-7-20-10/h4,6-7,11-12H,3,5,8-9H2,1-2H3,(H,17,18). The first-order chi connectivity index (χ1) is 10.0. The number of hydrogen-bond donors (Lipinski definition) is 1. The van der Waals surface area contributed by atoms with Crippen LogP contribution in [0.2, 0.25) is 0 Å². The van der Waals surface area contributed by atoms with Crippen molar-refractivity contribution in [3.63, 3.8) is 0 Å². The third kappa shape index (κ3) is 3.71. The van der Waals surface area contributed by atoms with Gasteiger partial charge >= 0.3 is 12.0 Å². The van der Waals surface area contributed by atoms with E-state index in [1.807, 2.05) is 24.4 Å². The van der Waals surface area contributed by atoms with Crippen molar-refractivity contribution in [3.8, 4) is 0 Å². The van der Waals surface area contributed by atoms with Crippen molar-refractivity contribution in [2.75, 3.05) is 12.8 Å². The molecule has 0 aromatic carbocycles. The second-order valence-corrected chi connectivity index (χ2v) is 7.30. The largest absolute Gasteiger partial charge is 0.480 e. The topological polar surface area (TPSA) is 60.9 Å². The maximum atomic E-state index is 12.7. The van der Waals surface area contributed by atoms with Crippen LogP contribution >= 0.6 is 23.1 Å². The minimum absolute atomic E-state index is 0.0330. The monoisotopic (exact) mass is 328 g/mol. The molecule has 1 fully saturated rings. The normalized spacial score (nSPS) is 21.5. The van der Waals surface area contributed by atoms with E-state index in [4.69, 9.17) is 0 Å². The Morgan fingerprint density at radius 2 is 2.29 bits per heavy atom. The number of carbonyl (C=O) groups excluding carboxylic acids is 1. The van der Waals surface area contributed by atoms with E-state index < -0.39 is 12.0 Å². The molecule has 2 heterocycles. The van der Waals surface area contributed by atoms with Crippen molar-refractivity contribution in [1.82, 2.24) is 9.80 Å². The van der Waals surface area contributed by atoms with Crippen LogP contribution in [0.1, 0.15) is 24.6 Å². The van der Waals surface area contributed by atoms with Crippen molar-refractivity contribution in [2.45, 2.75) is 37.7 Å². The Hall–Kier alpha value is -1.21. The van der Waals surface area contributed by atoms with E-state index in [0.717, 1.165) is 17.7 Å². The zero-order valence-corrected chi connectivity index (χ0v) is 13.8. The van der Waals surface area contributed by atoms with Crippen LogP contribution < -0.4 is 0 Å². The molecular weight excluding hydrogens is 308 g/mol. The van der Waals surface area contributed by atoms with E-state index in [0.29, 0.717) is 12.3 Å². The van der Waals surface area contributed by atoms with Gasteiger partial charge in [0, 0.05) is 17.7 Å².